The van der Waals surface area contributed by atoms with Gasteiger partial charge in [0, 0.05) is 12.6 Å². The van der Waals surface area contributed by atoms with Gasteiger partial charge in [-0.3, -0.25) is 5.32 Å². The lowest BCUT2D eigenvalue weighted by atomic mass is 10.1. The SMILES string of the molecule is CC(C)COC(=O)Nc1cccc(CON=C(c2ccccc2)c2nnnn2C)n1. The number of amides is 1. The van der Waals surface area contributed by atoms with Crippen LogP contribution in [0, 0.1) is 5.92 Å². The van der Waals surface area contributed by atoms with Crippen molar-refractivity contribution in [2.75, 3.05) is 11.9 Å². The number of nitrogens with zero attached hydrogens (tertiary/aromatic N) is 6. The molecular formula is C20H23N7O3. The number of aryl methyl sites for hydroxylation is 1. The van der Waals surface area contributed by atoms with E-state index < -0.39 is 6.09 Å². The Balaban J connectivity index is 1.68. The molecular weight excluding hydrogens is 386 g/mol. The van der Waals surface area contributed by atoms with E-state index >= 15 is 0 Å². The first kappa shape index (κ1) is 20.9. The van der Waals surface area contributed by atoms with Gasteiger partial charge < -0.3 is 9.57 Å². The molecule has 0 saturated carbocycles. The maximum Gasteiger partial charge on any atom is 0.412 e. The molecule has 1 aromatic carbocycles. The highest BCUT2D eigenvalue weighted by atomic mass is 16.6. The van der Waals surface area contributed by atoms with Crippen LogP contribution in [-0.2, 0) is 23.2 Å². The number of rotatable bonds is 8. The van der Waals surface area contributed by atoms with Crippen LogP contribution in [0.3, 0.4) is 0 Å². The first-order valence-corrected chi connectivity index (χ1v) is 9.40. The molecule has 0 aliphatic carbocycles. The third-order valence-corrected chi connectivity index (χ3v) is 3.83. The van der Waals surface area contributed by atoms with E-state index in [4.69, 9.17) is 9.57 Å². The lowest BCUT2D eigenvalue weighted by Crippen LogP contribution is -2.17. The number of oxime groups is 1. The Hall–Kier alpha value is -3.82. The van der Waals surface area contributed by atoms with Gasteiger partial charge in [0.25, 0.3) is 0 Å². The van der Waals surface area contributed by atoms with E-state index in [0.29, 0.717) is 29.7 Å². The topological polar surface area (TPSA) is 116 Å². The minimum atomic E-state index is -0.548. The number of nitrogens with one attached hydrogen (secondary N) is 1. The molecule has 0 radical (unpaired) electrons. The normalized spacial score (nSPS) is 11.4. The zero-order chi connectivity index (χ0) is 21.3. The molecule has 0 saturated heterocycles. The molecule has 0 atom stereocenters. The summed E-state index contributed by atoms with van der Waals surface area (Å²) in [4.78, 5) is 21.7. The summed E-state index contributed by atoms with van der Waals surface area (Å²) in [5.74, 6) is 1.09. The van der Waals surface area contributed by atoms with Gasteiger partial charge in [-0.15, -0.1) is 5.10 Å². The first-order chi connectivity index (χ1) is 14.5. The standard InChI is InChI=1S/C20H23N7O3/c1-14(2)12-29-20(28)22-17-11-7-10-16(21-17)13-30-24-18(15-8-5-4-6-9-15)19-23-25-26-27(19)3/h4-11,14H,12-13H2,1-3H3,(H,21,22,28). The van der Waals surface area contributed by atoms with Crippen LogP contribution in [0.4, 0.5) is 10.6 Å². The van der Waals surface area contributed by atoms with Crippen molar-refractivity contribution in [2.24, 2.45) is 18.1 Å². The van der Waals surface area contributed by atoms with Gasteiger partial charge in [-0.05, 0) is 28.5 Å². The van der Waals surface area contributed by atoms with Gasteiger partial charge in [-0.1, -0.05) is 55.4 Å². The predicted molar refractivity (Wildman–Crippen MR) is 110 cm³/mol. The molecule has 2 heterocycles. The lowest BCUT2D eigenvalue weighted by Gasteiger charge is -2.09. The number of anilines is 1. The molecule has 0 unspecified atom stereocenters. The van der Waals surface area contributed by atoms with Crippen LogP contribution in [0.5, 0.6) is 0 Å². The van der Waals surface area contributed by atoms with Gasteiger partial charge in [-0.2, -0.15) is 0 Å². The van der Waals surface area contributed by atoms with E-state index in [2.05, 4.69) is 31.0 Å². The van der Waals surface area contributed by atoms with E-state index in [-0.39, 0.29) is 12.5 Å². The lowest BCUT2D eigenvalue weighted by molar-refractivity contribution is 0.128. The largest absolute Gasteiger partial charge is 0.449 e. The Morgan fingerprint density at radius 2 is 1.97 bits per heavy atom. The van der Waals surface area contributed by atoms with E-state index in [1.807, 2.05) is 44.2 Å². The highest BCUT2D eigenvalue weighted by Gasteiger charge is 2.15. The third-order valence-electron chi connectivity index (χ3n) is 3.83. The number of aromatic nitrogens is 5. The zero-order valence-electron chi connectivity index (χ0n) is 17.0. The number of ether oxygens (including phenoxy) is 1. The summed E-state index contributed by atoms with van der Waals surface area (Å²) < 4.78 is 6.61. The Bertz CT molecular complexity index is 1000. The number of hydrogen-bond acceptors (Lipinski definition) is 8. The molecule has 2 aromatic heterocycles. The second kappa shape index (κ2) is 10.1. The van der Waals surface area contributed by atoms with Gasteiger partial charge >= 0.3 is 6.09 Å². The third kappa shape index (κ3) is 5.84. The van der Waals surface area contributed by atoms with Gasteiger partial charge in [-0.25, -0.2) is 14.5 Å². The molecule has 1 N–H and O–H groups in total. The van der Waals surface area contributed by atoms with Crippen molar-refractivity contribution in [3.63, 3.8) is 0 Å². The Morgan fingerprint density at radius 3 is 2.67 bits per heavy atom. The number of hydrogen-bond donors (Lipinski definition) is 1. The fourth-order valence-electron chi connectivity index (χ4n) is 2.42. The van der Waals surface area contributed by atoms with Gasteiger partial charge in [0.05, 0.1) is 12.3 Å². The quantitative estimate of drug-likeness (QED) is 0.449. The maximum absolute atomic E-state index is 11.8. The van der Waals surface area contributed by atoms with Gasteiger partial charge in [0.15, 0.2) is 12.3 Å². The van der Waals surface area contributed by atoms with Crippen molar-refractivity contribution >= 4 is 17.6 Å². The van der Waals surface area contributed by atoms with Crippen LogP contribution in [0.15, 0.2) is 53.7 Å². The molecule has 0 spiro atoms. The molecule has 10 nitrogen and oxygen atoms in total. The van der Waals surface area contributed by atoms with Crippen molar-refractivity contribution in [1.82, 2.24) is 25.2 Å². The van der Waals surface area contributed by atoms with E-state index in [1.54, 1.807) is 25.2 Å². The monoisotopic (exact) mass is 409 g/mol. The molecule has 0 aliphatic rings. The molecule has 156 valence electrons. The predicted octanol–water partition coefficient (Wildman–Crippen LogP) is 2.78. The van der Waals surface area contributed by atoms with Crippen molar-refractivity contribution in [1.29, 1.82) is 0 Å². The highest BCUT2D eigenvalue weighted by Crippen LogP contribution is 2.10. The summed E-state index contributed by atoms with van der Waals surface area (Å²) in [6, 6.07) is 14.7. The summed E-state index contributed by atoms with van der Waals surface area (Å²) in [6.45, 7) is 4.36. The maximum atomic E-state index is 11.8. The van der Waals surface area contributed by atoms with Crippen LogP contribution < -0.4 is 5.32 Å². The van der Waals surface area contributed by atoms with Gasteiger partial charge in [0.1, 0.15) is 5.82 Å². The summed E-state index contributed by atoms with van der Waals surface area (Å²) in [5.41, 5.74) is 1.89. The van der Waals surface area contributed by atoms with Crippen LogP contribution >= 0.6 is 0 Å². The second-order valence-corrected chi connectivity index (χ2v) is 6.84. The van der Waals surface area contributed by atoms with E-state index in [1.165, 1.54) is 4.68 Å². The molecule has 1 amide bonds. The van der Waals surface area contributed by atoms with Crippen molar-refractivity contribution in [3.05, 3.63) is 65.6 Å². The number of carbonyl (C=O) groups excluding carboxylic acids is 1. The minimum Gasteiger partial charge on any atom is -0.449 e. The Kier molecular flexibility index (Phi) is 7.04. The summed E-state index contributed by atoms with van der Waals surface area (Å²) in [5, 5.41) is 18.4. The fraction of sp³-hybridized carbons (Fsp3) is 0.300. The highest BCUT2D eigenvalue weighted by molar-refractivity contribution is 6.10. The van der Waals surface area contributed by atoms with E-state index in [0.717, 1.165) is 5.56 Å². The Labute approximate surface area is 173 Å². The van der Waals surface area contributed by atoms with Crippen LogP contribution in [-0.4, -0.2) is 43.6 Å². The fourth-order valence-corrected chi connectivity index (χ4v) is 2.42. The van der Waals surface area contributed by atoms with Crippen LogP contribution in [0.1, 0.15) is 30.9 Å². The molecule has 3 aromatic rings. The molecule has 0 bridgehead atoms. The summed E-state index contributed by atoms with van der Waals surface area (Å²) >= 11 is 0. The van der Waals surface area contributed by atoms with E-state index in [9.17, 15) is 4.79 Å². The number of carbonyl (C=O) groups is 1. The molecule has 3 rings (SSSR count). The average Bonchev–Trinajstić information content (AvgIpc) is 3.16. The second-order valence-electron chi connectivity index (χ2n) is 6.84. The van der Waals surface area contributed by atoms with Crippen molar-refractivity contribution in [3.8, 4) is 0 Å². The minimum absolute atomic E-state index is 0.0954. The number of tetrazole rings is 1. The van der Waals surface area contributed by atoms with Crippen molar-refractivity contribution < 1.29 is 14.4 Å². The van der Waals surface area contributed by atoms with Crippen molar-refractivity contribution in [2.45, 2.75) is 20.5 Å². The Morgan fingerprint density at radius 1 is 1.17 bits per heavy atom. The van der Waals surface area contributed by atoms with Crippen LogP contribution in [0.2, 0.25) is 0 Å². The van der Waals surface area contributed by atoms with Crippen LogP contribution in [0.25, 0.3) is 0 Å². The summed E-state index contributed by atoms with van der Waals surface area (Å²) in [7, 11) is 1.73. The summed E-state index contributed by atoms with van der Waals surface area (Å²) in [6.07, 6.45) is -0.548. The molecule has 30 heavy (non-hydrogen) atoms. The van der Waals surface area contributed by atoms with Gasteiger partial charge in [0.2, 0.25) is 5.82 Å². The smallest absolute Gasteiger partial charge is 0.412 e. The number of benzene rings is 1. The number of pyridine rings is 1. The molecule has 0 fully saturated rings. The zero-order valence-corrected chi connectivity index (χ0v) is 17.0. The molecule has 10 heteroatoms. The molecule has 0 aliphatic heterocycles. The first-order valence-electron chi connectivity index (χ1n) is 9.40. The average molecular weight is 409 g/mol.